The maximum atomic E-state index is 12.4. The van der Waals surface area contributed by atoms with Crippen molar-refractivity contribution in [3.63, 3.8) is 0 Å². The third kappa shape index (κ3) is 4.45. The van der Waals surface area contributed by atoms with Crippen LogP contribution in [0.2, 0.25) is 10.0 Å². The highest BCUT2D eigenvalue weighted by Crippen LogP contribution is 2.30. The lowest BCUT2D eigenvalue weighted by Crippen LogP contribution is -2.11. The molecule has 8 heteroatoms. The Morgan fingerprint density at radius 1 is 1.10 bits per heavy atom. The molecule has 6 nitrogen and oxygen atoms in total. The number of benzene rings is 2. The maximum absolute atomic E-state index is 12.4. The Balaban J connectivity index is 1.43. The Morgan fingerprint density at radius 2 is 1.90 bits per heavy atom. The molecular weight excluding hydrogens is 435 g/mol. The van der Waals surface area contributed by atoms with E-state index in [9.17, 15) is 4.79 Å². The average Bonchev–Trinajstić information content (AvgIpc) is 3.25. The Labute approximate surface area is 190 Å². The first-order chi connectivity index (χ1) is 14.9. The summed E-state index contributed by atoms with van der Waals surface area (Å²) in [5.74, 6) is 0.698. The molecule has 31 heavy (non-hydrogen) atoms. The summed E-state index contributed by atoms with van der Waals surface area (Å²) < 4.78 is 9.24. The second-order valence-electron chi connectivity index (χ2n) is 7.37. The summed E-state index contributed by atoms with van der Waals surface area (Å²) in [6, 6.07) is 13.0. The number of rotatable bonds is 6. The molecule has 0 amide bonds. The van der Waals surface area contributed by atoms with Gasteiger partial charge in [0.1, 0.15) is 12.4 Å². The topological polar surface area (TPSA) is 61.9 Å². The van der Waals surface area contributed by atoms with Crippen molar-refractivity contribution < 1.29 is 9.53 Å². The lowest BCUT2D eigenvalue weighted by Gasteiger charge is -2.06. The lowest BCUT2D eigenvalue weighted by atomic mass is 10.1. The van der Waals surface area contributed by atoms with Crippen molar-refractivity contribution in [2.75, 3.05) is 0 Å². The van der Waals surface area contributed by atoms with Crippen molar-refractivity contribution in [3.8, 4) is 11.3 Å². The van der Waals surface area contributed by atoms with Crippen LogP contribution in [0.4, 0.5) is 0 Å². The molecule has 0 bridgehead atoms. The SMILES string of the molecule is CCc1nc2cc(COC(=O)Cc3cc(-c4ccc(Cl)cc4Cl)nn3C)ccc2n1C. The van der Waals surface area contributed by atoms with E-state index in [1.165, 1.54) is 0 Å². The van der Waals surface area contributed by atoms with E-state index in [4.69, 9.17) is 27.9 Å². The van der Waals surface area contributed by atoms with E-state index in [2.05, 4.69) is 21.6 Å². The number of carbonyl (C=O) groups is 1. The molecule has 2 aromatic heterocycles. The number of hydrogen-bond acceptors (Lipinski definition) is 4. The molecule has 160 valence electrons. The number of carbonyl (C=O) groups excluding carboxylic acids is 1. The number of imidazole rings is 1. The molecule has 0 fully saturated rings. The Bertz CT molecular complexity index is 1280. The summed E-state index contributed by atoms with van der Waals surface area (Å²) in [6.45, 7) is 2.27. The zero-order valence-corrected chi connectivity index (χ0v) is 19.0. The molecule has 0 N–H and O–H groups in total. The summed E-state index contributed by atoms with van der Waals surface area (Å²) >= 11 is 12.2. The van der Waals surface area contributed by atoms with Crippen LogP contribution in [0.1, 0.15) is 24.0 Å². The third-order valence-corrected chi connectivity index (χ3v) is 5.81. The second-order valence-corrected chi connectivity index (χ2v) is 8.21. The molecule has 4 aromatic rings. The molecule has 4 rings (SSSR count). The van der Waals surface area contributed by atoms with Crippen LogP contribution in [0.25, 0.3) is 22.3 Å². The summed E-state index contributed by atoms with van der Waals surface area (Å²) in [6.07, 6.45) is 0.976. The minimum atomic E-state index is -0.327. The largest absolute Gasteiger partial charge is 0.461 e. The smallest absolute Gasteiger partial charge is 0.312 e. The van der Waals surface area contributed by atoms with Crippen molar-refractivity contribution in [2.45, 2.75) is 26.4 Å². The van der Waals surface area contributed by atoms with Crippen LogP contribution in [-0.4, -0.2) is 25.3 Å². The van der Waals surface area contributed by atoms with Crippen molar-refractivity contribution in [2.24, 2.45) is 14.1 Å². The van der Waals surface area contributed by atoms with Gasteiger partial charge in [0, 0.05) is 36.8 Å². The number of aromatic nitrogens is 4. The zero-order valence-electron chi connectivity index (χ0n) is 17.5. The van der Waals surface area contributed by atoms with Crippen molar-refractivity contribution in [1.82, 2.24) is 19.3 Å². The maximum Gasteiger partial charge on any atom is 0.312 e. The summed E-state index contributed by atoms with van der Waals surface area (Å²) in [5, 5.41) is 5.53. The molecule has 0 aliphatic heterocycles. The first-order valence-corrected chi connectivity index (χ1v) is 10.7. The Hall–Kier alpha value is -2.83. The lowest BCUT2D eigenvalue weighted by molar-refractivity contribution is -0.144. The van der Waals surface area contributed by atoms with Gasteiger partial charge in [-0.15, -0.1) is 0 Å². The summed E-state index contributed by atoms with van der Waals surface area (Å²) in [4.78, 5) is 17.1. The first-order valence-electron chi connectivity index (χ1n) is 9.94. The number of nitrogens with zero attached hydrogens (tertiary/aromatic N) is 4. The average molecular weight is 457 g/mol. The van der Waals surface area contributed by atoms with E-state index in [1.54, 1.807) is 23.9 Å². The summed E-state index contributed by atoms with van der Waals surface area (Å²) in [7, 11) is 3.80. The highest BCUT2D eigenvalue weighted by Gasteiger charge is 2.15. The van der Waals surface area contributed by atoms with Gasteiger partial charge in [0.25, 0.3) is 0 Å². The predicted octanol–water partition coefficient (Wildman–Crippen LogP) is 5.13. The fourth-order valence-electron chi connectivity index (χ4n) is 3.56. The van der Waals surface area contributed by atoms with E-state index < -0.39 is 0 Å². The molecule has 0 aliphatic carbocycles. The first kappa shape index (κ1) is 21.4. The van der Waals surface area contributed by atoms with Crippen molar-refractivity contribution >= 4 is 40.2 Å². The highest BCUT2D eigenvalue weighted by molar-refractivity contribution is 6.36. The van der Waals surface area contributed by atoms with Crippen LogP contribution in [0.3, 0.4) is 0 Å². The number of fused-ring (bicyclic) bond motifs is 1. The monoisotopic (exact) mass is 456 g/mol. The van der Waals surface area contributed by atoms with Gasteiger partial charge in [-0.1, -0.05) is 36.2 Å². The minimum Gasteiger partial charge on any atom is -0.461 e. The van der Waals surface area contributed by atoms with E-state index >= 15 is 0 Å². The molecule has 0 aliphatic rings. The van der Waals surface area contributed by atoms with E-state index in [0.29, 0.717) is 15.7 Å². The van der Waals surface area contributed by atoms with E-state index in [1.807, 2.05) is 37.4 Å². The number of ether oxygens (including phenoxy) is 1. The third-order valence-electron chi connectivity index (χ3n) is 5.26. The molecule has 0 atom stereocenters. The molecule has 2 heterocycles. The second kappa shape index (κ2) is 8.73. The fraction of sp³-hybridized carbons (Fsp3) is 0.261. The fourth-order valence-corrected chi connectivity index (χ4v) is 4.07. The summed E-state index contributed by atoms with van der Waals surface area (Å²) in [5.41, 5.74) is 5.05. The van der Waals surface area contributed by atoms with Crippen LogP contribution >= 0.6 is 23.2 Å². The van der Waals surface area contributed by atoms with Gasteiger partial charge in [-0.05, 0) is 42.0 Å². The van der Waals surface area contributed by atoms with Crippen LogP contribution < -0.4 is 0 Å². The number of halogens is 2. The Morgan fingerprint density at radius 3 is 2.65 bits per heavy atom. The molecule has 2 aromatic carbocycles. The van der Waals surface area contributed by atoms with E-state index in [-0.39, 0.29) is 19.0 Å². The standard InChI is InChI=1S/C23H22Cl2N4O2/c1-4-22-26-20-9-14(5-8-21(20)28(22)2)13-31-23(30)12-16-11-19(27-29(16)3)17-7-6-15(24)10-18(17)25/h5-11H,4,12-13H2,1-3H3. The molecule has 0 unspecified atom stereocenters. The minimum absolute atomic E-state index is 0.112. The van der Waals surface area contributed by atoms with Crippen molar-refractivity contribution in [1.29, 1.82) is 0 Å². The van der Waals surface area contributed by atoms with Crippen LogP contribution in [-0.2, 0) is 43.1 Å². The van der Waals surface area contributed by atoms with Crippen molar-refractivity contribution in [3.05, 3.63) is 69.6 Å². The molecule has 0 spiro atoms. The number of aryl methyl sites for hydroxylation is 3. The number of hydrogen-bond donors (Lipinski definition) is 0. The number of esters is 1. The molecular formula is C23H22Cl2N4O2. The van der Waals surface area contributed by atoms with Gasteiger partial charge < -0.3 is 9.30 Å². The van der Waals surface area contributed by atoms with Crippen LogP contribution in [0.5, 0.6) is 0 Å². The molecule has 0 radical (unpaired) electrons. The van der Waals surface area contributed by atoms with E-state index in [0.717, 1.165) is 40.1 Å². The van der Waals surface area contributed by atoms with Crippen LogP contribution in [0.15, 0.2) is 42.5 Å². The van der Waals surface area contributed by atoms with Gasteiger partial charge in [-0.25, -0.2) is 4.98 Å². The highest BCUT2D eigenvalue weighted by atomic mass is 35.5. The van der Waals surface area contributed by atoms with Gasteiger partial charge in [0.05, 0.1) is 28.2 Å². The predicted molar refractivity (Wildman–Crippen MR) is 122 cm³/mol. The van der Waals surface area contributed by atoms with Crippen LogP contribution in [0, 0.1) is 0 Å². The van der Waals surface area contributed by atoms with Gasteiger partial charge in [0.15, 0.2) is 0 Å². The van der Waals surface area contributed by atoms with Gasteiger partial charge in [-0.2, -0.15) is 5.10 Å². The Kier molecular flexibility index (Phi) is 6.03. The van der Waals surface area contributed by atoms with Gasteiger partial charge in [-0.3, -0.25) is 9.48 Å². The normalized spacial score (nSPS) is 11.3. The quantitative estimate of drug-likeness (QED) is 0.377. The molecule has 0 saturated carbocycles. The molecule has 0 saturated heterocycles. The zero-order chi connectivity index (χ0) is 22.1. The van der Waals surface area contributed by atoms with Gasteiger partial charge in [0.2, 0.25) is 0 Å². The van der Waals surface area contributed by atoms with Gasteiger partial charge >= 0.3 is 5.97 Å².